The van der Waals surface area contributed by atoms with E-state index in [0.717, 1.165) is 35.9 Å². The molecule has 1 N–H and O–H groups in total. The first kappa shape index (κ1) is 19.8. The van der Waals surface area contributed by atoms with E-state index in [1.54, 1.807) is 36.6 Å². The normalized spacial score (nSPS) is 13.5. The molecule has 3 aromatic rings. The van der Waals surface area contributed by atoms with Crippen molar-refractivity contribution in [2.45, 2.75) is 30.8 Å². The van der Waals surface area contributed by atoms with E-state index >= 15 is 0 Å². The molecule has 146 valence electrons. The van der Waals surface area contributed by atoms with E-state index in [4.69, 9.17) is 23.2 Å². The highest BCUT2D eigenvalue weighted by atomic mass is 35.5. The molecule has 9 heteroatoms. The second-order valence-corrected chi connectivity index (χ2v) is 9.48. The van der Waals surface area contributed by atoms with Crippen molar-refractivity contribution in [3.05, 3.63) is 49.0 Å². The van der Waals surface area contributed by atoms with Crippen LogP contribution < -0.4 is 10.9 Å². The van der Waals surface area contributed by atoms with E-state index in [9.17, 15) is 9.59 Å². The number of rotatable bonds is 4. The molecular formula is C19H17Cl2N3O2S2. The van der Waals surface area contributed by atoms with Crippen molar-refractivity contribution >= 4 is 68.1 Å². The summed E-state index contributed by atoms with van der Waals surface area (Å²) in [5, 5.41) is 4.93. The third kappa shape index (κ3) is 3.81. The Labute approximate surface area is 180 Å². The number of aromatic nitrogens is 2. The zero-order chi connectivity index (χ0) is 19.8. The first-order chi connectivity index (χ1) is 13.4. The quantitative estimate of drug-likeness (QED) is 0.450. The molecule has 1 aliphatic carbocycles. The molecule has 2 aromatic heterocycles. The molecule has 0 spiro atoms. The van der Waals surface area contributed by atoms with Gasteiger partial charge in [0.1, 0.15) is 4.83 Å². The van der Waals surface area contributed by atoms with Gasteiger partial charge in [0.05, 0.1) is 21.8 Å². The van der Waals surface area contributed by atoms with E-state index in [1.807, 2.05) is 0 Å². The Kier molecular flexibility index (Phi) is 5.69. The van der Waals surface area contributed by atoms with Crippen molar-refractivity contribution in [3.8, 4) is 0 Å². The molecule has 1 aromatic carbocycles. The average molecular weight is 454 g/mol. The number of hydrogen-bond acceptors (Lipinski definition) is 5. The van der Waals surface area contributed by atoms with E-state index in [2.05, 4.69) is 10.3 Å². The van der Waals surface area contributed by atoms with Gasteiger partial charge in [0, 0.05) is 16.9 Å². The number of fused-ring (bicyclic) bond motifs is 3. The van der Waals surface area contributed by atoms with E-state index in [-0.39, 0.29) is 17.2 Å². The standard InChI is InChI=1S/C19H17Cl2N3O2S2/c1-24-18(26)16-11-4-2-3-5-14(11)28-17(16)23-19(24)27-9-15(25)22-13-7-6-10(20)8-12(13)21/h6-8H,2-5,9H2,1H3,(H,22,25). The van der Waals surface area contributed by atoms with Crippen molar-refractivity contribution in [1.29, 1.82) is 0 Å². The Bertz CT molecular complexity index is 1140. The van der Waals surface area contributed by atoms with Crippen molar-refractivity contribution in [2.75, 3.05) is 11.1 Å². The lowest BCUT2D eigenvalue weighted by molar-refractivity contribution is -0.113. The minimum atomic E-state index is -0.228. The van der Waals surface area contributed by atoms with Crippen molar-refractivity contribution in [3.63, 3.8) is 0 Å². The molecule has 1 amide bonds. The Morgan fingerprint density at radius 1 is 1.32 bits per heavy atom. The fourth-order valence-electron chi connectivity index (χ4n) is 3.30. The number of amides is 1. The molecule has 5 nitrogen and oxygen atoms in total. The van der Waals surface area contributed by atoms with Gasteiger partial charge < -0.3 is 5.32 Å². The molecule has 1 aliphatic rings. The second kappa shape index (κ2) is 8.06. The maximum Gasteiger partial charge on any atom is 0.262 e. The van der Waals surface area contributed by atoms with Crippen LogP contribution in [-0.2, 0) is 24.7 Å². The molecular weight excluding hydrogens is 437 g/mol. The SMILES string of the molecule is Cn1c(SCC(=O)Nc2ccc(Cl)cc2Cl)nc2sc3c(c2c1=O)CCCC3. The lowest BCUT2D eigenvalue weighted by Gasteiger charge is -2.11. The minimum Gasteiger partial charge on any atom is -0.324 e. The summed E-state index contributed by atoms with van der Waals surface area (Å²) < 4.78 is 1.54. The summed E-state index contributed by atoms with van der Waals surface area (Å²) in [5.74, 6) is -0.107. The molecule has 0 fully saturated rings. The summed E-state index contributed by atoms with van der Waals surface area (Å²) in [6, 6.07) is 4.89. The number of thiophene rings is 1. The summed E-state index contributed by atoms with van der Waals surface area (Å²) in [5.41, 5.74) is 1.64. The average Bonchev–Trinajstić information content (AvgIpc) is 3.04. The van der Waals surface area contributed by atoms with Crippen LogP contribution in [0.15, 0.2) is 28.2 Å². The predicted octanol–water partition coefficient (Wildman–Crippen LogP) is 4.91. The van der Waals surface area contributed by atoms with E-state index in [1.165, 1.54) is 26.8 Å². The lowest BCUT2D eigenvalue weighted by atomic mass is 9.97. The topological polar surface area (TPSA) is 64.0 Å². The van der Waals surface area contributed by atoms with Gasteiger partial charge in [0.25, 0.3) is 5.56 Å². The molecule has 0 bridgehead atoms. The van der Waals surface area contributed by atoms with Gasteiger partial charge in [-0.1, -0.05) is 35.0 Å². The number of carbonyl (C=O) groups is 1. The Morgan fingerprint density at radius 3 is 2.89 bits per heavy atom. The summed E-state index contributed by atoms with van der Waals surface area (Å²) in [6.07, 6.45) is 4.25. The van der Waals surface area contributed by atoms with Gasteiger partial charge in [-0.15, -0.1) is 11.3 Å². The third-order valence-corrected chi connectivity index (χ3v) is 7.46. The van der Waals surface area contributed by atoms with Crippen LogP contribution in [0.2, 0.25) is 10.0 Å². The lowest BCUT2D eigenvalue weighted by Crippen LogP contribution is -2.22. The first-order valence-electron chi connectivity index (χ1n) is 8.83. The van der Waals surface area contributed by atoms with E-state index < -0.39 is 0 Å². The highest BCUT2D eigenvalue weighted by molar-refractivity contribution is 7.99. The van der Waals surface area contributed by atoms with Crippen molar-refractivity contribution in [2.24, 2.45) is 7.05 Å². The summed E-state index contributed by atoms with van der Waals surface area (Å²) in [7, 11) is 1.71. The molecule has 2 heterocycles. The Morgan fingerprint density at radius 2 is 2.11 bits per heavy atom. The molecule has 0 aliphatic heterocycles. The Hall–Kier alpha value is -1.54. The van der Waals surface area contributed by atoms with Gasteiger partial charge in [0.2, 0.25) is 5.91 Å². The first-order valence-corrected chi connectivity index (χ1v) is 11.4. The van der Waals surface area contributed by atoms with Crippen LogP contribution in [0.3, 0.4) is 0 Å². The smallest absolute Gasteiger partial charge is 0.262 e. The van der Waals surface area contributed by atoms with Gasteiger partial charge in [-0.05, 0) is 49.4 Å². The number of aryl methyl sites for hydroxylation is 2. The number of nitrogens with one attached hydrogen (secondary N) is 1. The third-order valence-electron chi connectivity index (χ3n) is 4.69. The van der Waals surface area contributed by atoms with Gasteiger partial charge >= 0.3 is 0 Å². The fourth-order valence-corrected chi connectivity index (χ4v) is 5.83. The molecule has 0 saturated heterocycles. The predicted molar refractivity (Wildman–Crippen MR) is 117 cm³/mol. The van der Waals surface area contributed by atoms with E-state index in [0.29, 0.717) is 20.9 Å². The molecule has 28 heavy (non-hydrogen) atoms. The van der Waals surface area contributed by atoms with Crippen LogP contribution in [0.1, 0.15) is 23.3 Å². The van der Waals surface area contributed by atoms with Crippen LogP contribution in [-0.4, -0.2) is 21.2 Å². The Balaban J connectivity index is 1.54. The summed E-state index contributed by atoms with van der Waals surface area (Å²) >= 11 is 14.8. The minimum absolute atomic E-state index is 0.0342. The highest BCUT2D eigenvalue weighted by Crippen LogP contribution is 2.34. The maximum absolute atomic E-state index is 12.9. The number of nitrogens with zero attached hydrogens (tertiary/aromatic N) is 2. The fraction of sp³-hybridized carbons (Fsp3) is 0.316. The van der Waals surface area contributed by atoms with Gasteiger partial charge in [0.15, 0.2) is 5.16 Å². The largest absolute Gasteiger partial charge is 0.324 e. The highest BCUT2D eigenvalue weighted by Gasteiger charge is 2.21. The van der Waals surface area contributed by atoms with Gasteiger partial charge in [-0.3, -0.25) is 14.2 Å². The number of carbonyl (C=O) groups excluding carboxylic acids is 1. The number of halogens is 2. The number of benzene rings is 1. The van der Waals surface area contributed by atoms with Crippen LogP contribution in [0.5, 0.6) is 0 Å². The van der Waals surface area contributed by atoms with Gasteiger partial charge in [-0.2, -0.15) is 0 Å². The second-order valence-electron chi connectivity index (χ2n) is 6.61. The number of thioether (sulfide) groups is 1. The van der Waals surface area contributed by atoms with Crippen LogP contribution in [0.25, 0.3) is 10.2 Å². The number of hydrogen-bond donors (Lipinski definition) is 1. The van der Waals surface area contributed by atoms with Crippen LogP contribution >= 0.6 is 46.3 Å². The zero-order valence-electron chi connectivity index (χ0n) is 15.1. The molecule has 0 atom stereocenters. The maximum atomic E-state index is 12.9. The van der Waals surface area contributed by atoms with Crippen LogP contribution in [0.4, 0.5) is 5.69 Å². The van der Waals surface area contributed by atoms with Crippen molar-refractivity contribution < 1.29 is 4.79 Å². The summed E-state index contributed by atoms with van der Waals surface area (Å²) in [6.45, 7) is 0. The summed E-state index contributed by atoms with van der Waals surface area (Å²) in [4.78, 5) is 31.9. The van der Waals surface area contributed by atoms with Crippen LogP contribution in [0, 0.1) is 0 Å². The molecule has 0 unspecified atom stereocenters. The number of anilines is 1. The monoisotopic (exact) mass is 453 g/mol. The van der Waals surface area contributed by atoms with Crippen molar-refractivity contribution in [1.82, 2.24) is 9.55 Å². The molecule has 0 saturated carbocycles. The molecule has 4 rings (SSSR count). The molecule has 0 radical (unpaired) electrons. The van der Waals surface area contributed by atoms with Gasteiger partial charge in [-0.25, -0.2) is 4.98 Å². The zero-order valence-corrected chi connectivity index (χ0v) is 18.2.